The molecular formula is C15H24N2O. The van der Waals surface area contributed by atoms with Crippen LogP contribution in [0, 0.1) is 0 Å². The van der Waals surface area contributed by atoms with E-state index in [1.54, 1.807) is 0 Å². The minimum Gasteiger partial charge on any atom is -0.490 e. The fraction of sp³-hybridized carbons (Fsp3) is 0.600. The Morgan fingerprint density at radius 2 is 2.22 bits per heavy atom. The molecule has 0 aromatic heterocycles. The first-order chi connectivity index (χ1) is 8.54. The summed E-state index contributed by atoms with van der Waals surface area (Å²) in [5.41, 5.74) is 2.69. The van der Waals surface area contributed by atoms with E-state index in [0.717, 1.165) is 25.3 Å². The van der Waals surface area contributed by atoms with Gasteiger partial charge in [-0.1, -0.05) is 12.1 Å². The number of ether oxygens (including phenoxy) is 1. The van der Waals surface area contributed by atoms with Crippen molar-refractivity contribution in [3.8, 4) is 5.75 Å². The molecular weight excluding hydrogens is 224 g/mol. The average molecular weight is 248 g/mol. The molecule has 1 aromatic carbocycles. The number of hydrogen-bond acceptors (Lipinski definition) is 3. The number of benzene rings is 1. The summed E-state index contributed by atoms with van der Waals surface area (Å²) in [6, 6.07) is 7.04. The summed E-state index contributed by atoms with van der Waals surface area (Å²) in [6.07, 6.45) is 1.37. The van der Waals surface area contributed by atoms with Crippen LogP contribution in [-0.2, 0) is 13.0 Å². The van der Waals surface area contributed by atoms with E-state index in [9.17, 15) is 0 Å². The predicted molar refractivity (Wildman–Crippen MR) is 75.1 cm³/mol. The van der Waals surface area contributed by atoms with Gasteiger partial charge >= 0.3 is 0 Å². The Kier molecular flexibility index (Phi) is 4.25. The quantitative estimate of drug-likeness (QED) is 0.863. The van der Waals surface area contributed by atoms with Gasteiger partial charge in [-0.05, 0) is 45.1 Å². The van der Waals surface area contributed by atoms with Gasteiger partial charge in [-0.2, -0.15) is 0 Å². The van der Waals surface area contributed by atoms with Gasteiger partial charge in [0.1, 0.15) is 11.9 Å². The predicted octanol–water partition coefficient (Wildman–Crippen LogP) is 2.05. The van der Waals surface area contributed by atoms with Gasteiger partial charge in [-0.15, -0.1) is 0 Å². The molecule has 18 heavy (non-hydrogen) atoms. The van der Waals surface area contributed by atoms with Crippen LogP contribution in [-0.4, -0.2) is 37.7 Å². The van der Waals surface area contributed by atoms with Crippen molar-refractivity contribution in [1.29, 1.82) is 0 Å². The lowest BCUT2D eigenvalue weighted by Crippen LogP contribution is -2.35. The summed E-state index contributed by atoms with van der Waals surface area (Å²) < 4.78 is 5.71. The number of fused-ring (bicyclic) bond motifs is 1. The van der Waals surface area contributed by atoms with E-state index in [-0.39, 0.29) is 0 Å². The third kappa shape index (κ3) is 3.47. The summed E-state index contributed by atoms with van der Waals surface area (Å²) in [6.45, 7) is 6.33. The van der Waals surface area contributed by atoms with Crippen molar-refractivity contribution in [2.24, 2.45) is 0 Å². The Balaban J connectivity index is 1.89. The zero-order valence-electron chi connectivity index (χ0n) is 11.9. The average Bonchev–Trinajstić information content (AvgIpc) is 2.64. The zero-order valence-corrected chi connectivity index (χ0v) is 11.9. The van der Waals surface area contributed by atoms with Crippen molar-refractivity contribution in [2.45, 2.75) is 39.0 Å². The molecule has 0 spiro atoms. The third-order valence-electron chi connectivity index (χ3n) is 3.25. The van der Waals surface area contributed by atoms with E-state index < -0.39 is 0 Å². The van der Waals surface area contributed by atoms with Crippen LogP contribution in [0.15, 0.2) is 18.2 Å². The van der Waals surface area contributed by atoms with Crippen LogP contribution in [0.5, 0.6) is 5.75 Å². The topological polar surface area (TPSA) is 24.5 Å². The normalized spacial score (nSPS) is 19.7. The van der Waals surface area contributed by atoms with Gasteiger partial charge in [0, 0.05) is 25.6 Å². The second kappa shape index (κ2) is 5.72. The first-order valence-electron chi connectivity index (χ1n) is 6.71. The van der Waals surface area contributed by atoms with Crippen molar-refractivity contribution in [3.05, 3.63) is 29.3 Å². The second-order valence-corrected chi connectivity index (χ2v) is 5.62. The molecule has 3 nitrogen and oxygen atoms in total. The van der Waals surface area contributed by atoms with Crippen LogP contribution >= 0.6 is 0 Å². The molecule has 100 valence electrons. The van der Waals surface area contributed by atoms with Gasteiger partial charge in [0.15, 0.2) is 0 Å². The molecule has 0 saturated heterocycles. The lowest BCUT2D eigenvalue weighted by Gasteiger charge is -2.18. The highest BCUT2D eigenvalue weighted by Crippen LogP contribution is 2.29. The molecule has 0 aliphatic carbocycles. The molecule has 2 rings (SSSR count). The summed E-state index contributed by atoms with van der Waals surface area (Å²) in [7, 11) is 4.21. The molecule has 0 amide bonds. The second-order valence-electron chi connectivity index (χ2n) is 5.62. The van der Waals surface area contributed by atoms with E-state index in [2.05, 4.69) is 56.4 Å². The van der Waals surface area contributed by atoms with Gasteiger partial charge in [-0.25, -0.2) is 0 Å². The molecule has 1 N–H and O–H groups in total. The van der Waals surface area contributed by atoms with Crippen LogP contribution in [0.1, 0.15) is 25.0 Å². The first-order valence-corrected chi connectivity index (χ1v) is 6.71. The maximum Gasteiger partial charge on any atom is 0.123 e. The van der Waals surface area contributed by atoms with Crippen molar-refractivity contribution in [2.75, 3.05) is 20.6 Å². The molecule has 0 radical (unpaired) electrons. The van der Waals surface area contributed by atoms with Crippen LogP contribution in [0.25, 0.3) is 0 Å². The third-order valence-corrected chi connectivity index (χ3v) is 3.25. The number of rotatable bonds is 5. The zero-order chi connectivity index (χ0) is 13.1. The Labute approximate surface area is 110 Å². The number of nitrogens with one attached hydrogen (secondary N) is 1. The molecule has 0 fully saturated rings. The lowest BCUT2D eigenvalue weighted by molar-refractivity contribution is 0.254. The van der Waals surface area contributed by atoms with Gasteiger partial charge < -0.3 is 15.0 Å². The maximum atomic E-state index is 5.71. The fourth-order valence-corrected chi connectivity index (χ4v) is 2.49. The highest BCUT2D eigenvalue weighted by molar-refractivity contribution is 5.40. The molecule has 1 heterocycles. The largest absolute Gasteiger partial charge is 0.490 e. The van der Waals surface area contributed by atoms with Crippen LogP contribution < -0.4 is 10.1 Å². The minimum absolute atomic E-state index is 0.330. The van der Waals surface area contributed by atoms with Gasteiger partial charge in [0.2, 0.25) is 0 Å². The molecule has 1 aliphatic heterocycles. The highest BCUT2D eigenvalue weighted by Gasteiger charge is 2.18. The molecule has 3 heteroatoms. The minimum atomic E-state index is 0.330. The summed E-state index contributed by atoms with van der Waals surface area (Å²) >= 11 is 0. The van der Waals surface area contributed by atoms with E-state index in [1.807, 2.05) is 0 Å². The molecule has 0 saturated carbocycles. The molecule has 0 bridgehead atoms. The summed E-state index contributed by atoms with van der Waals surface area (Å²) in [5, 5.41) is 3.55. The SMILES string of the molecule is CC(CN(C)C)NCc1ccc2c(c1)CC(C)O2. The lowest BCUT2D eigenvalue weighted by atomic mass is 10.1. The first kappa shape index (κ1) is 13.4. The van der Waals surface area contributed by atoms with Crippen molar-refractivity contribution in [3.63, 3.8) is 0 Å². The van der Waals surface area contributed by atoms with Gasteiger partial charge in [-0.3, -0.25) is 0 Å². The fourth-order valence-electron chi connectivity index (χ4n) is 2.49. The van der Waals surface area contributed by atoms with E-state index >= 15 is 0 Å². The standard InChI is InChI=1S/C15H24N2O/c1-11(10-17(3)4)16-9-13-5-6-15-14(8-13)7-12(2)18-15/h5-6,8,11-12,16H,7,9-10H2,1-4H3. The van der Waals surface area contributed by atoms with Crippen LogP contribution in [0.2, 0.25) is 0 Å². The Morgan fingerprint density at radius 3 is 2.94 bits per heavy atom. The molecule has 1 aromatic rings. The molecule has 2 atom stereocenters. The number of hydrogen-bond donors (Lipinski definition) is 1. The molecule has 2 unspecified atom stereocenters. The van der Waals surface area contributed by atoms with Crippen LogP contribution in [0.4, 0.5) is 0 Å². The smallest absolute Gasteiger partial charge is 0.123 e. The van der Waals surface area contributed by atoms with Crippen molar-refractivity contribution in [1.82, 2.24) is 10.2 Å². The molecule has 1 aliphatic rings. The number of nitrogens with zero attached hydrogens (tertiary/aromatic N) is 1. The Morgan fingerprint density at radius 1 is 1.44 bits per heavy atom. The maximum absolute atomic E-state index is 5.71. The van der Waals surface area contributed by atoms with E-state index in [1.165, 1.54) is 11.1 Å². The number of likely N-dealkylation sites (N-methyl/N-ethyl adjacent to an activating group) is 1. The summed E-state index contributed by atoms with van der Waals surface area (Å²) in [4.78, 5) is 2.20. The Bertz CT molecular complexity index is 403. The highest BCUT2D eigenvalue weighted by atomic mass is 16.5. The van der Waals surface area contributed by atoms with Gasteiger partial charge in [0.25, 0.3) is 0 Å². The van der Waals surface area contributed by atoms with Gasteiger partial charge in [0.05, 0.1) is 0 Å². The van der Waals surface area contributed by atoms with Crippen LogP contribution in [0.3, 0.4) is 0 Å². The van der Waals surface area contributed by atoms with Crippen molar-refractivity contribution >= 4 is 0 Å². The summed E-state index contributed by atoms with van der Waals surface area (Å²) in [5.74, 6) is 1.06. The Hall–Kier alpha value is -1.06. The van der Waals surface area contributed by atoms with E-state index in [0.29, 0.717) is 12.1 Å². The monoisotopic (exact) mass is 248 g/mol. The van der Waals surface area contributed by atoms with E-state index in [4.69, 9.17) is 4.74 Å². The van der Waals surface area contributed by atoms with Crippen molar-refractivity contribution < 1.29 is 4.74 Å².